The Morgan fingerprint density at radius 3 is 0.750 bits per heavy atom. The molecule has 0 saturated heterocycles. The Labute approximate surface area is 38.1 Å². The van der Waals surface area contributed by atoms with Crippen LogP contribution < -0.4 is 0 Å². The molecular weight excluding hydrogens is 122 g/mol. The van der Waals surface area contributed by atoms with Crippen LogP contribution in [-0.4, -0.2) is 11.0 Å². The van der Waals surface area contributed by atoms with Gasteiger partial charge in [-0.2, -0.15) is 9.90 Å². The average Bonchev–Trinajstić information content (AvgIpc) is 0. The van der Waals surface area contributed by atoms with E-state index in [1.807, 2.05) is 0 Å². The Morgan fingerprint density at radius 1 is 0.750 bits per heavy atom. The smallest absolute Gasteiger partial charge is 0 e. The molecule has 0 aromatic rings. The minimum absolute atomic E-state index is 0. The van der Waals surface area contributed by atoms with E-state index in [2.05, 4.69) is 0 Å². The molecule has 0 heterocycles. The molecule has 0 aliphatic carbocycles. The summed E-state index contributed by atoms with van der Waals surface area (Å²) in [6.45, 7) is 0. The minimum Gasteiger partial charge on any atom is -0.412 e. The molecule has 0 rings (SSSR count). The molecule has 0 fully saturated rings. The summed E-state index contributed by atoms with van der Waals surface area (Å²) in [4.78, 5) is 0. The maximum absolute atomic E-state index is 0. The minimum atomic E-state index is 0. The predicted octanol–water partition coefficient (Wildman–Crippen LogP) is -1.59. The first-order chi connectivity index (χ1) is 0. The molecule has 1 atom stereocenters. The van der Waals surface area contributed by atoms with Crippen LogP contribution in [-0.2, 0) is 16.5 Å². The van der Waals surface area contributed by atoms with Gasteiger partial charge in [0.15, 0.2) is 0 Å². The molecule has 2 nitrogen and oxygen atoms in total. The Hall–Kier alpha value is 0.844. The quantitative estimate of drug-likeness (QED) is 0.279. The van der Waals surface area contributed by atoms with E-state index in [9.17, 15) is 0 Å². The Bertz CT molecular complexity index is 6.00. The monoisotopic (exact) mass is 128 g/mol. The molecule has 0 saturated carbocycles. The van der Waals surface area contributed by atoms with E-state index in [1.54, 1.807) is 0 Å². The number of rotatable bonds is 0. The van der Waals surface area contributed by atoms with Gasteiger partial charge in [-0.25, -0.2) is 0 Å². The van der Waals surface area contributed by atoms with E-state index in [4.69, 9.17) is 0 Å². The van der Waals surface area contributed by atoms with Gasteiger partial charge >= 0.3 is 0 Å². The van der Waals surface area contributed by atoms with Crippen molar-refractivity contribution in [2.45, 2.75) is 0 Å². The first kappa shape index (κ1) is 101. The molecule has 4 heavy (non-hydrogen) atoms. The van der Waals surface area contributed by atoms with E-state index in [1.165, 1.54) is 0 Å². The molecule has 0 aromatic heterocycles. The van der Waals surface area contributed by atoms with Crippen molar-refractivity contribution >= 4 is 9.90 Å². The second-order valence-corrected chi connectivity index (χ2v) is 0. The van der Waals surface area contributed by atoms with Crippen molar-refractivity contribution < 1.29 is 27.4 Å². The van der Waals surface area contributed by atoms with Gasteiger partial charge in [0.2, 0.25) is 0 Å². The molecule has 1 unspecified atom stereocenters. The molecule has 4 heteroatoms. The van der Waals surface area contributed by atoms with E-state index in [0.717, 1.165) is 0 Å². The average molecular weight is 129 g/mol. The van der Waals surface area contributed by atoms with Gasteiger partial charge < -0.3 is 11.0 Å². The van der Waals surface area contributed by atoms with Gasteiger partial charge in [-0.1, -0.05) is 0 Å². The van der Waals surface area contributed by atoms with Gasteiger partial charge in [-0.3, -0.25) is 0 Å². The molecular formula is H7NiO2P. The summed E-state index contributed by atoms with van der Waals surface area (Å²) < 4.78 is 0. The van der Waals surface area contributed by atoms with Gasteiger partial charge in [0.25, 0.3) is 0 Å². The molecule has 0 aliphatic rings. The zero-order chi connectivity index (χ0) is 0. The van der Waals surface area contributed by atoms with Gasteiger partial charge in [-0.15, -0.1) is 0 Å². The molecule has 4 N–H and O–H groups in total. The summed E-state index contributed by atoms with van der Waals surface area (Å²) in [5.41, 5.74) is 0. The van der Waals surface area contributed by atoms with E-state index in [0.29, 0.717) is 0 Å². The number of hydrogen-bond donors (Lipinski definition) is 0. The molecule has 0 aromatic carbocycles. The normalized spacial score (nSPS) is 0. The van der Waals surface area contributed by atoms with Crippen LogP contribution in [0.5, 0.6) is 0 Å². The Balaban J connectivity index is 0. The third-order valence-corrected chi connectivity index (χ3v) is 0. The molecule has 0 amide bonds. The molecule has 0 aliphatic heterocycles. The second-order valence-electron chi connectivity index (χ2n) is 0. The van der Waals surface area contributed by atoms with E-state index >= 15 is 0 Å². The van der Waals surface area contributed by atoms with E-state index in [-0.39, 0.29) is 37.3 Å². The molecule has 0 bridgehead atoms. The summed E-state index contributed by atoms with van der Waals surface area (Å²) in [6, 6.07) is 0. The van der Waals surface area contributed by atoms with Crippen molar-refractivity contribution in [2.24, 2.45) is 0 Å². The van der Waals surface area contributed by atoms with Crippen molar-refractivity contribution in [2.75, 3.05) is 0 Å². The maximum Gasteiger partial charge on any atom is 0 e. The van der Waals surface area contributed by atoms with Gasteiger partial charge in [-0.05, 0) is 0 Å². The number of hydrogen-bond acceptors (Lipinski definition) is 0. The third-order valence-electron chi connectivity index (χ3n) is 0. The topological polar surface area (TPSA) is 63.0 Å². The molecule has 0 spiro atoms. The standard InChI is InChI=1S/Ni.2H2O.H3P/h;2*1H2;1H3. The maximum atomic E-state index is 0. The molecule has 0 radical (unpaired) electrons. The third kappa shape index (κ3) is 13.6. The van der Waals surface area contributed by atoms with Crippen LogP contribution in [0.3, 0.4) is 0 Å². The summed E-state index contributed by atoms with van der Waals surface area (Å²) in [5, 5.41) is 0. The summed E-state index contributed by atoms with van der Waals surface area (Å²) in [6.07, 6.45) is 0. The van der Waals surface area contributed by atoms with Gasteiger partial charge in [0, 0.05) is 16.5 Å². The first-order valence-corrected chi connectivity index (χ1v) is 0. The van der Waals surface area contributed by atoms with Crippen molar-refractivity contribution in [1.82, 2.24) is 0 Å². The fraction of sp³-hybridized carbons (Fsp3) is 0. The van der Waals surface area contributed by atoms with Crippen LogP contribution >= 0.6 is 9.90 Å². The van der Waals surface area contributed by atoms with Crippen molar-refractivity contribution in [3.05, 3.63) is 0 Å². The van der Waals surface area contributed by atoms with Crippen molar-refractivity contribution in [3.8, 4) is 0 Å². The van der Waals surface area contributed by atoms with Crippen LogP contribution in [0, 0.1) is 0 Å². The second kappa shape index (κ2) is 43.7. The fourth-order valence-corrected chi connectivity index (χ4v) is 0. The Kier molecular flexibility index (Phi) is 1100. The first-order valence-electron chi connectivity index (χ1n) is 0. The fourth-order valence-electron chi connectivity index (χ4n) is 0. The van der Waals surface area contributed by atoms with Crippen LogP contribution in [0.1, 0.15) is 0 Å². The summed E-state index contributed by atoms with van der Waals surface area (Å²) >= 11 is 0. The largest absolute Gasteiger partial charge is 0.412 e. The zero-order valence-electron chi connectivity index (χ0n) is 2.02. The SMILES string of the molecule is O.O.P.[Ni]. The zero-order valence-corrected chi connectivity index (χ0v) is 4.43. The van der Waals surface area contributed by atoms with Crippen LogP contribution in [0.25, 0.3) is 0 Å². The van der Waals surface area contributed by atoms with Gasteiger partial charge in [0.05, 0.1) is 0 Å². The van der Waals surface area contributed by atoms with E-state index < -0.39 is 0 Å². The summed E-state index contributed by atoms with van der Waals surface area (Å²) in [7, 11) is 0. The van der Waals surface area contributed by atoms with Crippen molar-refractivity contribution in [3.63, 3.8) is 0 Å². The van der Waals surface area contributed by atoms with Crippen molar-refractivity contribution in [1.29, 1.82) is 0 Å². The van der Waals surface area contributed by atoms with Crippen LogP contribution in [0.2, 0.25) is 0 Å². The van der Waals surface area contributed by atoms with Crippen LogP contribution in [0.15, 0.2) is 0 Å². The summed E-state index contributed by atoms with van der Waals surface area (Å²) in [5.74, 6) is 0. The predicted molar refractivity (Wildman–Crippen MR) is 18.3 cm³/mol. The molecule has 34 valence electrons. The Morgan fingerprint density at radius 2 is 0.750 bits per heavy atom. The van der Waals surface area contributed by atoms with Gasteiger partial charge in [0.1, 0.15) is 0 Å². The van der Waals surface area contributed by atoms with Crippen LogP contribution in [0.4, 0.5) is 0 Å².